The van der Waals surface area contributed by atoms with Gasteiger partial charge in [-0.25, -0.2) is 0 Å². The van der Waals surface area contributed by atoms with E-state index in [1.807, 2.05) is 13.0 Å². The van der Waals surface area contributed by atoms with E-state index in [0.717, 1.165) is 5.56 Å². The second kappa shape index (κ2) is 6.71. The van der Waals surface area contributed by atoms with Gasteiger partial charge < -0.3 is 10.1 Å². The molecule has 124 valence electrons. The second-order valence-electron chi connectivity index (χ2n) is 5.39. The second-order valence-corrected chi connectivity index (χ2v) is 6.26. The summed E-state index contributed by atoms with van der Waals surface area (Å²) in [6, 6.07) is 10.2. The van der Waals surface area contributed by atoms with Gasteiger partial charge in [0.1, 0.15) is 12.3 Å². The van der Waals surface area contributed by atoms with Crippen molar-refractivity contribution in [2.75, 3.05) is 23.4 Å². The highest BCUT2D eigenvalue weighted by atomic mass is 35.5. The topological polar surface area (TPSA) is 58.6 Å². The summed E-state index contributed by atoms with van der Waals surface area (Å²) >= 11 is 11.9. The van der Waals surface area contributed by atoms with E-state index in [0.29, 0.717) is 27.2 Å². The summed E-state index contributed by atoms with van der Waals surface area (Å²) in [5, 5.41) is 3.76. The predicted octanol–water partition coefficient (Wildman–Crippen LogP) is 3.67. The van der Waals surface area contributed by atoms with Crippen molar-refractivity contribution in [1.82, 2.24) is 0 Å². The van der Waals surface area contributed by atoms with Crippen LogP contribution < -0.4 is 15.0 Å². The minimum absolute atomic E-state index is 0.113. The molecule has 7 heteroatoms. The average molecular weight is 365 g/mol. The maximum absolute atomic E-state index is 12.4. The first-order valence-corrected chi connectivity index (χ1v) is 7.98. The number of hydrogen-bond donors (Lipinski definition) is 1. The summed E-state index contributed by atoms with van der Waals surface area (Å²) in [7, 11) is 0. The van der Waals surface area contributed by atoms with E-state index >= 15 is 0 Å². The minimum atomic E-state index is -0.332. The summed E-state index contributed by atoms with van der Waals surface area (Å²) in [5.41, 5.74) is 1.97. The zero-order valence-electron chi connectivity index (χ0n) is 12.8. The standard InChI is InChI=1S/C17H14Cl2N2O3/c1-10-2-3-11(18)6-13(10)20-16(22)8-21-14-7-12(19)4-5-15(14)24-9-17(21)23/h2-7H,8-9H2,1H3,(H,20,22). The molecular formula is C17H14Cl2N2O3. The lowest BCUT2D eigenvalue weighted by molar-refractivity contribution is -0.123. The zero-order chi connectivity index (χ0) is 17.3. The number of nitrogens with one attached hydrogen (secondary N) is 1. The highest BCUT2D eigenvalue weighted by Crippen LogP contribution is 2.34. The van der Waals surface area contributed by atoms with Crippen molar-refractivity contribution in [2.24, 2.45) is 0 Å². The Bertz CT molecular complexity index is 823. The maximum Gasteiger partial charge on any atom is 0.265 e. The fourth-order valence-electron chi connectivity index (χ4n) is 2.41. The summed E-state index contributed by atoms with van der Waals surface area (Å²) in [6.07, 6.45) is 0. The number of anilines is 2. The molecule has 0 saturated heterocycles. The van der Waals surface area contributed by atoms with Crippen LogP contribution in [-0.2, 0) is 9.59 Å². The molecule has 1 heterocycles. The molecule has 0 atom stereocenters. The molecule has 0 aromatic heterocycles. The van der Waals surface area contributed by atoms with E-state index in [1.54, 1.807) is 30.3 Å². The Balaban J connectivity index is 1.80. The molecule has 0 saturated carbocycles. The van der Waals surface area contributed by atoms with Crippen LogP contribution >= 0.6 is 23.2 Å². The Labute approximate surface area is 149 Å². The lowest BCUT2D eigenvalue weighted by atomic mass is 10.2. The van der Waals surface area contributed by atoms with Crippen molar-refractivity contribution < 1.29 is 14.3 Å². The van der Waals surface area contributed by atoms with Crippen molar-refractivity contribution in [2.45, 2.75) is 6.92 Å². The first-order chi connectivity index (χ1) is 11.4. The number of halogens is 2. The summed E-state index contributed by atoms with van der Waals surface area (Å²) in [6.45, 7) is 1.61. The van der Waals surface area contributed by atoms with Crippen molar-refractivity contribution >= 4 is 46.4 Å². The largest absolute Gasteiger partial charge is 0.482 e. The number of nitrogens with zero attached hydrogens (tertiary/aromatic N) is 1. The quantitative estimate of drug-likeness (QED) is 0.903. The fraction of sp³-hybridized carbons (Fsp3) is 0.176. The van der Waals surface area contributed by atoms with Gasteiger partial charge in [-0.3, -0.25) is 14.5 Å². The van der Waals surface area contributed by atoms with Gasteiger partial charge in [-0.2, -0.15) is 0 Å². The molecule has 1 aliphatic rings. The predicted molar refractivity (Wildman–Crippen MR) is 94.1 cm³/mol. The molecule has 0 fully saturated rings. The lowest BCUT2D eigenvalue weighted by Crippen LogP contribution is -2.43. The Hall–Kier alpha value is -2.24. The van der Waals surface area contributed by atoms with E-state index in [1.165, 1.54) is 4.90 Å². The molecule has 1 N–H and O–H groups in total. The first-order valence-electron chi connectivity index (χ1n) is 7.23. The number of carbonyl (C=O) groups excluding carboxylic acids is 2. The van der Waals surface area contributed by atoms with Gasteiger partial charge in [0.05, 0.1) is 5.69 Å². The lowest BCUT2D eigenvalue weighted by Gasteiger charge is -2.29. The molecule has 24 heavy (non-hydrogen) atoms. The molecule has 3 rings (SSSR count). The zero-order valence-corrected chi connectivity index (χ0v) is 14.3. The average Bonchev–Trinajstić information content (AvgIpc) is 2.54. The van der Waals surface area contributed by atoms with Gasteiger partial charge in [-0.15, -0.1) is 0 Å². The number of rotatable bonds is 3. The van der Waals surface area contributed by atoms with Crippen LogP contribution in [0.25, 0.3) is 0 Å². The minimum Gasteiger partial charge on any atom is -0.482 e. The number of fused-ring (bicyclic) bond motifs is 1. The molecule has 0 unspecified atom stereocenters. The van der Waals surface area contributed by atoms with E-state index in [-0.39, 0.29) is 25.0 Å². The Morgan fingerprint density at radius 2 is 1.92 bits per heavy atom. The molecule has 1 aliphatic heterocycles. The van der Waals surface area contributed by atoms with Crippen LogP contribution in [0.3, 0.4) is 0 Å². The molecule has 0 aliphatic carbocycles. The van der Waals surface area contributed by atoms with Crippen LogP contribution in [-0.4, -0.2) is 25.0 Å². The molecule has 0 radical (unpaired) electrons. The number of aryl methyl sites for hydroxylation is 1. The van der Waals surface area contributed by atoms with Gasteiger partial charge in [0.25, 0.3) is 5.91 Å². The summed E-state index contributed by atoms with van der Waals surface area (Å²) in [5.74, 6) is -0.116. The van der Waals surface area contributed by atoms with E-state index < -0.39 is 0 Å². The molecule has 0 spiro atoms. The van der Waals surface area contributed by atoms with Gasteiger partial charge in [-0.1, -0.05) is 29.3 Å². The number of carbonyl (C=O) groups is 2. The normalized spacial score (nSPS) is 13.3. The first kappa shape index (κ1) is 16.6. The van der Waals surface area contributed by atoms with Crippen LogP contribution in [0.4, 0.5) is 11.4 Å². The molecule has 2 aromatic carbocycles. The molecule has 0 bridgehead atoms. The van der Waals surface area contributed by atoms with Crippen LogP contribution in [0.1, 0.15) is 5.56 Å². The number of ether oxygens (including phenoxy) is 1. The monoisotopic (exact) mass is 364 g/mol. The van der Waals surface area contributed by atoms with Crippen LogP contribution in [0, 0.1) is 6.92 Å². The van der Waals surface area contributed by atoms with Crippen molar-refractivity contribution in [3.05, 3.63) is 52.0 Å². The van der Waals surface area contributed by atoms with Gasteiger partial charge in [0.15, 0.2) is 6.61 Å². The Kier molecular flexibility index (Phi) is 4.64. The smallest absolute Gasteiger partial charge is 0.265 e. The molecule has 2 amide bonds. The van der Waals surface area contributed by atoms with Crippen LogP contribution in [0.15, 0.2) is 36.4 Å². The van der Waals surface area contributed by atoms with Gasteiger partial charge in [-0.05, 0) is 42.8 Å². The van der Waals surface area contributed by atoms with Gasteiger partial charge in [0.2, 0.25) is 5.91 Å². The Morgan fingerprint density at radius 3 is 2.71 bits per heavy atom. The molecule has 5 nitrogen and oxygen atoms in total. The van der Waals surface area contributed by atoms with Crippen molar-refractivity contribution in [3.63, 3.8) is 0 Å². The van der Waals surface area contributed by atoms with Crippen molar-refractivity contribution in [1.29, 1.82) is 0 Å². The van der Waals surface area contributed by atoms with Crippen molar-refractivity contribution in [3.8, 4) is 5.75 Å². The van der Waals surface area contributed by atoms with E-state index in [4.69, 9.17) is 27.9 Å². The van der Waals surface area contributed by atoms with E-state index in [9.17, 15) is 9.59 Å². The third kappa shape index (κ3) is 3.47. The van der Waals surface area contributed by atoms with E-state index in [2.05, 4.69) is 5.32 Å². The third-order valence-electron chi connectivity index (χ3n) is 3.64. The maximum atomic E-state index is 12.4. The van der Waals surface area contributed by atoms with Gasteiger partial charge >= 0.3 is 0 Å². The Morgan fingerprint density at radius 1 is 1.21 bits per heavy atom. The summed E-state index contributed by atoms with van der Waals surface area (Å²) in [4.78, 5) is 25.9. The third-order valence-corrected chi connectivity index (χ3v) is 4.11. The molecule has 2 aromatic rings. The van der Waals surface area contributed by atoms with Crippen LogP contribution in [0.5, 0.6) is 5.75 Å². The highest BCUT2D eigenvalue weighted by molar-refractivity contribution is 6.31. The fourth-order valence-corrected chi connectivity index (χ4v) is 2.75. The van der Waals surface area contributed by atoms with Crippen LogP contribution in [0.2, 0.25) is 10.0 Å². The highest BCUT2D eigenvalue weighted by Gasteiger charge is 2.27. The summed E-state index contributed by atoms with van der Waals surface area (Å²) < 4.78 is 5.36. The molecular weight excluding hydrogens is 351 g/mol. The number of benzene rings is 2. The number of hydrogen-bond acceptors (Lipinski definition) is 3. The SMILES string of the molecule is Cc1ccc(Cl)cc1NC(=O)CN1C(=O)COc2ccc(Cl)cc21. The number of amides is 2. The van der Waals surface area contributed by atoms with Gasteiger partial charge in [0, 0.05) is 15.7 Å².